The van der Waals surface area contributed by atoms with Gasteiger partial charge >= 0.3 is 0 Å². The fourth-order valence-electron chi connectivity index (χ4n) is 0.961. The summed E-state index contributed by atoms with van der Waals surface area (Å²) in [5, 5.41) is 0. The van der Waals surface area contributed by atoms with Crippen LogP contribution in [0.15, 0.2) is 22.8 Å². The Kier molecular flexibility index (Phi) is 3.39. The van der Waals surface area contributed by atoms with Crippen LogP contribution in [0.2, 0.25) is 0 Å². The molecule has 13 heavy (non-hydrogen) atoms. The van der Waals surface area contributed by atoms with Crippen LogP contribution in [0.3, 0.4) is 0 Å². The van der Waals surface area contributed by atoms with E-state index in [1.807, 2.05) is 6.07 Å². The predicted molar refractivity (Wildman–Crippen MR) is 54.2 cm³/mol. The molecule has 0 bridgehead atoms. The third-order valence-electron chi connectivity index (χ3n) is 1.76. The van der Waals surface area contributed by atoms with Crippen LogP contribution in [0.5, 0.6) is 0 Å². The highest BCUT2D eigenvalue weighted by Crippen LogP contribution is 2.16. The van der Waals surface area contributed by atoms with Gasteiger partial charge in [-0.05, 0) is 35.0 Å². The van der Waals surface area contributed by atoms with Gasteiger partial charge in [-0.2, -0.15) is 0 Å². The van der Waals surface area contributed by atoms with E-state index in [-0.39, 0.29) is 13.0 Å². The van der Waals surface area contributed by atoms with E-state index in [0.29, 0.717) is 0 Å². The van der Waals surface area contributed by atoms with Crippen molar-refractivity contribution >= 4 is 15.9 Å². The molecule has 1 aromatic heterocycles. The molecule has 1 heterocycles. The van der Waals surface area contributed by atoms with Crippen LogP contribution in [-0.2, 0) is 6.42 Å². The molecule has 0 aliphatic rings. The zero-order valence-corrected chi connectivity index (χ0v) is 9.01. The molecule has 0 aromatic carbocycles. The quantitative estimate of drug-likeness (QED) is 0.888. The number of pyridine rings is 1. The van der Waals surface area contributed by atoms with Crippen molar-refractivity contribution in [2.75, 3.05) is 6.54 Å². The van der Waals surface area contributed by atoms with E-state index >= 15 is 0 Å². The van der Waals surface area contributed by atoms with Gasteiger partial charge in [0.2, 0.25) is 0 Å². The zero-order chi connectivity index (χ0) is 9.90. The number of hydrogen-bond donors (Lipinski definition) is 1. The molecule has 0 spiro atoms. The van der Waals surface area contributed by atoms with Crippen molar-refractivity contribution in [2.45, 2.75) is 19.0 Å². The first-order valence-electron chi connectivity index (χ1n) is 4.03. The molecule has 0 fully saturated rings. The average molecular weight is 247 g/mol. The Bertz CT molecular complexity index is 271. The van der Waals surface area contributed by atoms with Crippen molar-refractivity contribution in [3.8, 4) is 0 Å². The van der Waals surface area contributed by atoms with Gasteiger partial charge < -0.3 is 5.73 Å². The first-order valence-corrected chi connectivity index (χ1v) is 4.82. The molecule has 1 rings (SSSR count). The molecule has 2 nitrogen and oxygen atoms in total. The Labute approximate surface area is 85.5 Å². The molecule has 1 unspecified atom stereocenters. The van der Waals surface area contributed by atoms with Crippen molar-refractivity contribution in [2.24, 2.45) is 5.73 Å². The molecule has 0 aliphatic carbocycles. The van der Waals surface area contributed by atoms with Crippen molar-refractivity contribution in [1.82, 2.24) is 4.98 Å². The van der Waals surface area contributed by atoms with E-state index in [1.165, 1.54) is 6.92 Å². The van der Waals surface area contributed by atoms with E-state index < -0.39 is 5.67 Å². The predicted octanol–water partition coefficient (Wildman–Crippen LogP) is 2.07. The van der Waals surface area contributed by atoms with Crippen LogP contribution >= 0.6 is 15.9 Å². The molecule has 0 radical (unpaired) electrons. The second kappa shape index (κ2) is 4.15. The smallest absolute Gasteiger partial charge is 0.125 e. The molecule has 0 aliphatic heterocycles. The number of nitrogens with two attached hydrogens (primary N) is 1. The molecule has 2 N–H and O–H groups in total. The summed E-state index contributed by atoms with van der Waals surface area (Å²) in [6, 6.07) is 3.63. The number of aromatic nitrogens is 1. The Balaban J connectivity index is 2.69. The summed E-state index contributed by atoms with van der Waals surface area (Å²) in [5.41, 5.74) is 4.63. The van der Waals surface area contributed by atoms with E-state index in [9.17, 15) is 4.39 Å². The lowest BCUT2D eigenvalue weighted by atomic mass is 10.0. The van der Waals surface area contributed by atoms with Gasteiger partial charge in [0.25, 0.3) is 0 Å². The largest absolute Gasteiger partial charge is 0.328 e. The summed E-state index contributed by atoms with van der Waals surface area (Å²) in [4.78, 5) is 4.07. The minimum atomic E-state index is -1.36. The van der Waals surface area contributed by atoms with E-state index in [4.69, 9.17) is 5.73 Å². The molecule has 1 aromatic rings. The number of rotatable bonds is 3. The lowest BCUT2D eigenvalue weighted by molar-refractivity contribution is 0.198. The first-order chi connectivity index (χ1) is 6.03. The van der Waals surface area contributed by atoms with Gasteiger partial charge in [0.15, 0.2) is 0 Å². The highest BCUT2D eigenvalue weighted by Gasteiger charge is 2.21. The summed E-state index contributed by atoms with van der Waals surface area (Å²) in [7, 11) is 0. The Morgan fingerprint density at radius 2 is 2.31 bits per heavy atom. The van der Waals surface area contributed by atoms with Gasteiger partial charge in [0, 0.05) is 29.3 Å². The molecule has 0 saturated carbocycles. The lowest BCUT2D eigenvalue weighted by Crippen LogP contribution is -2.31. The van der Waals surface area contributed by atoms with Gasteiger partial charge in [0.05, 0.1) is 0 Å². The summed E-state index contributed by atoms with van der Waals surface area (Å²) in [6.07, 6.45) is 1.92. The van der Waals surface area contributed by atoms with Crippen LogP contribution in [0.4, 0.5) is 4.39 Å². The second-order valence-electron chi connectivity index (χ2n) is 3.26. The number of alkyl halides is 1. The third kappa shape index (κ3) is 3.40. The summed E-state index contributed by atoms with van der Waals surface area (Å²) in [6.45, 7) is 1.50. The van der Waals surface area contributed by atoms with Crippen LogP contribution in [0.25, 0.3) is 0 Å². The number of hydrogen-bond acceptors (Lipinski definition) is 2. The molecule has 1 atom stereocenters. The summed E-state index contributed by atoms with van der Waals surface area (Å²) >= 11 is 3.26. The van der Waals surface area contributed by atoms with E-state index in [2.05, 4.69) is 20.9 Å². The van der Waals surface area contributed by atoms with Crippen molar-refractivity contribution in [3.63, 3.8) is 0 Å². The highest BCUT2D eigenvalue weighted by atomic mass is 79.9. The van der Waals surface area contributed by atoms with Crippen LogP contribution < -0.4 is 5.73 Å². The third-order valence-corrected chi connectivity index (χ3v) is 2.23. The molecule has 0 amide bonds. The minimum Gasteiger partial charge on any atom is -0.328 e. The minimum absolute atomic E-state index is 0.0186. The average Bonchev–Trinajstić information content (AvgIpc) is 2.09. The second-order valence-corrected chi connectivity index (χ2v) is 4.18. The topological polar surface area (TPSA) is 38.9 Å². The SMILES string of the molecule is CC(F)(CN)Cc1ccc(Br)cn1. The molecule has 72 valence electrons. The zero-order valence-electron chi connectivity index (χ0n) is 7.43. The lowest BCUT2D eigenvalue weighted by Gasteiger charge is -2.16. The Morgan fingerprint density at radius 3 is 2.77 bits per heavy atom. The van der Waals surface area contributed by atoms with Gasteiger partial charge in [0.1, 0.15) is 5.67 Å². The first kappa shape index (κ1) is 10.6. The molecular formula is C9H12BrFN2. The van der Waals surface area contributed by atoms with Crippen LogP contribution in [0, 0.1) is 0 Å². The number of halogens is 2. The van der Waals surface area contributed by atoms with Crippen molar-refractivity contribution in [1.29, 1.82) is 0 Å². The Hall–Kier alpha value is -0.480. The van der Waals surface area contributed by atoms with Gasteiger partial charge in [-0.3, -0.25) is 4.98 Å². The Morgan fingerprint density at radius 1 is 1.62 bits per heavy atom. The maximum atomic E-state index is 13.4. The molecule has 0 saturated heterocycles. The van der Waals surface area contributed by atoms with Crippen molar-refractivity contribution in [3.05, 3.63) is 28.5 Å². The normalized spacial score (nSPS) is 15.4. The molecular weight excluding hydrogens is 235 g/mol. The van der Waals surface area contributed by atoms with E-state index in [1.54, 1.807) is 12.3 Å². The fourth-order valence-corrected chi connectivity index (χ4v) is 1.20. The summed E-state index contributed by atoms with van der Waals surface area (Å²) in [5.74, 6) is 0. The number of nitrogens with zero attached hydrogens (tertiary/aromatic N) is 1. The van der Waals surface area contributed by atoms with Gasteiger partial charge in [-0.15, -0.1) is 0 Å². The van der Waals surface area contributed by atoms with Gasteiger partial charge in [-0.25, -0.2) is 4.39 Å². The monoisotopic (exact) mass is 246 g/mol. The highest BCUT2D eigenvalue weighted by molar-refractivity contribution is 9.10. The van der Waals surface area contributed by atoms with Crippen LogP contribution in [-0.4, -0.2) is 17.2 Å². The van der Waals surface area contributed by atoms with E-state index in [0.717, 1.165) is 10.2 Å². The standard InChI is InChI=1S/C9H12BrFN2/c1-9(11,6-12)4-8-3-2-7(10)5-13-8/h2-3,5H,4,6,12H2,1H3. The maximum absolute atomic E-state index is 13.4. The summed E-state index contributed by atoms with van der Waals surface area (Å²) < 4.78 is 14.3. The molecule has 4 heteroatoms. The van der Waals surface area contributed by atoms with Crippen molar-refractivity contribution < 1.29 is 4.39 Å². The van der Waals surface area contributed by atoms with Gasteiger partial charge in [-0.1, -0.05) is 0 Å². The maximum Gasteiger partial charge on any atom is 0.125 e. The van der Waals surface area contributed by atoms with Crippen LogP contribution in [0.1, 0.15) is 12.6 Å². The fraction of sp³-hybridized carbons (Fsp3) is 0.444.